The Bertz CT molecular complexity index is 257. The van der Waals surface area contributed by atoms with E-state index in [4.69, 9.17) is 0 Å². The normalized spacial score (nSPS) is 14.0. The molecule has 0 bridgehead atoms. The molecule has 1 N–H and O–H groups in total. The van der Waals surface area contributed by atoms with Crippen molar-refractivity contribution in [2.45, 2.75) is 26.5 Å². The predicted octanol–water partition coefficient (Wildman–Crippen LogP) is 3.92. The fraction of sp³-hybridized carbons (Fsp3) is 0.455. The molecule has 0 aromatic heterocycles. The summed E-state index contributed by atoms with van der Waals surface area (Å²) in [7, 11) is 0. The van der Waals surface area contributed by atoms with Crippen LogP contribution in [0.3, 0.4) is 0 Å². The van der Waals surface area contributed by atoms with Crippen molar-refractivity contribution in [3.05, 3.63) is 34.9 Å². The molecule has 1 nitrogen and oxygen atoms in total. The van der Waals surface area contributed by atoms with E-state index in [1.807, 2.05) is 26.8 Å². The molecule has 0 unspecified atom stereocenters. The first-order chi connectivity index (χ1) is 7.15. The third kappa shape index (κ3) is 6.33. The zero-order valence-electron chi connectivity index (χ0n) is 9.26. The zero-order valence-corrected chi connectivity index (χ0v) is 10.1. The van der Waals surface area contributed by atoms with Crippen LogP contribution >= 0.6 is 11.8 Å². The number of likely N-dealkylation sites (N-methyl/N-ethyl adjacent to an activating group) is 1. The van der Waals surface area contributed by atoms with Crippen LogP contribution in [0.5, 0.6) is 0 Å². The summed E-state index contributed by atoms with van der Waals surface area (Å²) in [6.45, 7) is 6.33. The largest absolute Gasteiger partial charge is 0.385 e. The lowest BCUT2D eigenvalue weighted by molar-refractivity contribution is 0.253. The van der Waals surface area contributed by atoms with Gasteiger partial charge in [-0.25, -0.2) is 0 Å². The molecular weight excluding hydrogens is 216 g/mol. The van der Waals surface area contributed by atoms with Crippen LogP contribution in [0, 0.1) is 0 Å². The lowest BCUT2D eigenvalue weighted by Crippen LogP contribution is -2.13. The Kier molecular flexibility index (Phi) is 8.09. The molecule has 0 fully saturated rings. The van der Waals surface area contributed by atoms with Crippen LogP contribution in [-0.2, 0) is 0 Å². The molecule has 0 saturated carbocycles. The number of rotatable bonds is 6. The van der Waals surface area contributed by atoms with E-state index in [0.717, 1.165) is 12.2 Å². The molecule has 0 aliphatic carbocycles. The SMILES string of the molecule is C\C=C/C=C(SC(F)F)\C(=C/C)NCC. The topological polar surface area (TPSA) is 12.0 Å². The number of thioether (sulfide) groups is 1. The van der Waals surface area contributed by atoms with Crippen molar-refractivity contribution in [3.63, 3.8) is 0 Å². The van der Waals surface area contributed by atoms with Crippen LogP contribution in [-0.4, -0.2) is 12.3 Å². The maximum absolute atomic E-state index is 12.3. The molecule has 0 rings (SSSR count). The monoisotopic (exact) mass is 233 g/mol. The Hall–Kier alpha value is -0.770. The van der Waals surface area contributed by atoms with Gasteiger partial charge < -0.3 is 5.32 Å². The molecule has 0 saturated heterocycles. The van der Waals surface area contributed by atoms with Crippen molar-refractivity contribution >= 4 is 11.8 Å². The second-order valence-corrected chi connectivity index (χ2v) is 3.70. The van der Waals surface area contributed by atoms with Gasteiger partial charge in [-0.2, -0.15) is 8.78 Å². The fourth-order valence-electron chi connectivity index (χ4n) is 0.994. The third-order valence-corrected chi connectivity index (χ3v) is 2.37. The highest BCUT2D eigenvalue weighted by Crippen LogP contribution is 2.28. The third-order valence-electron chi connectivity index (χ3n) is 1.58. The quantitative estimate of drug-likeness (QED) is 0.698. The van der Waals surface area contributed by atoms with Gasteiger partial charge in [0.1, 0.15) is 0 Å². The highest BCUT2D eigenvalue weighted by atomic mass is 32.2. The number of halogens is 2. The molecular formula is C11H17F2NS. The Morgan fingerprint density at radius 1 is 1.40 bits per heavy atom. The minimum atomic E-state index is -2.39. The van der Waals surface area contributed by atoms with E-state index in [0.29, 0.717) is 16.7 Å². The summed E-state index contributed by atoms with van der Waals surface area (Å²) in [6.07, 6.45) is 7.06. The lowest BCUT2D eigenvalue weighted by Gasteiger charge is -2.11. The van der Waals surface area contributed by atoms with E-state index >= 15 is 0 Å². The van der Waals surface area contributed by atoms with E-state index in [2.05, 4.69) is 5.32 Å². The van der Waals surface area contributed by atoms with Gasteiger partial charge in [0.15, 0.2) is 0 Å². The lowest BCUT2D eigenvalue weighted by atomic mass is 10.3. The Morgan fingerprint density at radius 3 is 2.47 bits per heavy atom. The van der Waals surface area contributed by atoms with Crippen molar-refractivity contribution in [3.8, 4) is 0 Å². The van der Waals surface area contributed by atoms with Gasteiger partial charge in [0, 0.05) is 17.1 Å². The predicted molar refractivity (Wildman–Crippen MR) is 63.9 cm³/mol. The number of alkyl halides is 2. The van der Waals surface area contributed by atoms with Gasteiger partial charge in [-0.3, -0.25) is 0 Å². The van der Waals surface area contributed by atoms with E-state index < -0.39 is 5.76 Å². The smallest absolute Gasteiger partial charge is 0.288 e. The van der Waals surface area contributed by atoms with Gasteiger partial charge >= 0.3 is 0 Å². The molecule has 0 amide bonds. The van der Waals surface area contributed by atoms with E-state index in [9.17, 15) is 8.78 Å². The molecule has 0 spiro atoms. The van der Waals surface area contributed by atoms with Crippen molar-refractivity contribution < 1.29 is 8.78 Å². The molecule has 86 valence electrons. The first-order valence-corrected chi connectivity index (χ1v) is 5.72. The standard InChI is InChI=1S/C11H17F2NS/c1-4-7-8-10(15-11(12)13)9(5-2)14-6-3/h4-5,7-8,11,14H,6H2,1-3H3/b7-4-,9-5+,10-8+. The number of allylic oxidation sites excluding steroid dienone is 4. The number of hydrogen-bond donors (Lipinski definition) is 1. The Morgan fingerprint density at radius 2 is 2.07 bits per heavy atom. The van der Waals surface area contributed by atoms with Crippen molar-refractivity contribution in [1.82, 2.24) is 5.32 Å². The number of hydrogen-bond acceptors (Lipinski definition) is 2. The maximum Gasteiger partial charge on any atom is 0.288 e. The first kappa shape index (κ1) is 14.2. The molecule has 0 aromatic rings. The van der Waals surface area contributed by atoms with Crippen LogP contribution in [0.25, 0.3) is 0 Å². The summed E-state index contributed by atoms with van der Waals surface area (Å²) >= 11 is 0.558. The van der Waals surface area contributed by atoms with Crippen LogP contribution in [0.2, 0.25) is 0 Å². The van der Waals surface area contributed by atoms with Gasteiger partial charge in [0.05, 0.1) is 0 Å². The maximum atomic E-state index is 12.3. The molecule has 4 heteroatoms. The van der Waals surface area contributed by atoms with Gasteiger partial charge in [-0.05, 0) is 26.8 Å². The molecule has 0 heterocycles. The average Bonchev–Trinajstić information content (AvgIpc) is 2.20. The second kappa shape index (κ2) is 8.53. The number of nitrogens with one attached hydrogen (secondary N) is 1. The minimum absolute atomic E-state index is 0.558. The highest BCUT2D eigenvalue weighted by Gasteiger charge is 2.10. The van der Waals surface area contributed by atoms with E-state index in [1.165, 1.54) is 0 Å². The summed E-state index contributed by atoms with van der Waals surface area (Å²) in [4.78, 5) is 0.562. The van der Waals surface area contributed by atoms with Crippen molar-refractivity contribution in [1.29, 1.82) is 0 Å². The molecule has 0 aliphatic heterocycles. The molecule has 0 aromatic carbocycles. The zero-order chi connectivity index (χ0) is 11.7. The van der Waals surface area contributed by atoms with Gasteiger partial charge in [0.25, 0.3) is 5.76 Å². The van der Waals surface area contributed by atoms with Crippen LogP contribution in [0.1, 0.15) is 20.8 Å². The molecule has 15 heavy (non-hydrogen) atoms. The van der Waals surface area contributed by atoms with Gasteiger partial charge in [-0.15, -0.1) is 0 Å². The summed E-state index contributed by atoms with van der Waals surface area (Å²) in [6, 6.07) is 0. The van der Waals surface area contributed by atoms with Gasteiger partial charge in [0.2, 0.25) is 0 Å². The first-order valence-electron chi connectivity index (χ1n) is 4.84. The molecule has 0 aliphatic rings. The van der Waals surface area contributed by atoms with Crippen molar-refractivity contribution in [2.24, 2.45) is 0 Å². The van der Waals surface area contributed by atoms with E-state index in [1.54, 1.807) is 18.2 Å². The molecule has 0 atom stereocenters. The van der Waals surface area contributed by atoms with Gasteiger partial charge in [-0.1, -0.05) is 30.0 Å². The summed E-state index contributed by atoms with van der Waals surface area (Å²) in [5.74, 6) is -2.39. The Labute approximate surface area is 94.3 Å². The Balaban J connectivity index is 4.74. The summed E-state index contributed by atoms with van der Waals surface area (Å²) < 4.78 is 24.6. The van der Waals surface area contributed by atoms with Crippen LogP contribution in [0.15, 0.2) is 34.9 Å². The summed E-state index contributed by atoms with van der Waals surface area (Å²) in [5, 5.41) is 3.05. The van der Waals surface area contributed by atoms with Crippen LogP contribution in [0.4, 0.5) is 8.78 Å². The average molecular weight is 233 g/mol. The summed E-state index contributed by atoms with van der Waals surface area (Å²) in [5.41, 5.74) is 0.751. The molecule has 0 radical (unpaired) electrons. The van der Waals surface area contributed by atoms with Crippen LogP contribution < -0.4 is 5.32 Å². The second-order valence-electron chi connectivity index (χ2n) is 2.67. The van der Waals surface area contributed by atoms with E-state index in [-0.39, 0.29) is 0 Å². The highest BCUT2D eigenvalue weighted by molar-refractivity contribution is 8.03. The fourth-order valence-corrected chi connectivity index (χ4v) is 1.66. The minimum Gasteiger partial charge on any atom is -0.385 e. The van der Waals surface area contributed by atoms with Crippen molar-refractivity contribution in [2.75, 3.05) is 6.54 Å².